The molecule has 0 aliphatic carbocycles. The van der Waals surface area contributed by atoms with Crippen LogP contribution in [0.1, 0.15) is 78.0 Å². The Balaban J connectivity index is 1.53. The lowest BCUT2D eigenvalue weighted by Gasteiger charge is -2.38. The molecule has 3 aromatic rings. The van der Waals surface area contributed by atoms with Crippen LogP contribution in [0.2, 0.25) is 36.3 Å². The predicted octanol–water partition coefficient (Wildman–Crippen LogP) is 9.85. The van der Waals surface area contributed by atoms with Crippen molar-refractivity contribution in [3.05, 3.63) is 77.4 Å². The summed E-state index contributed by atoms with van der Waals surface area (Å²) in [6.07, 6.45) is 2.51. The first-order valence-corrected chi connectivity index (χ1v) is 23.9. The van der Waals surface area contributed by atoms with Crippen LogP contribution in [-0.2, 0) is 5.60 Å². The quantitative estimate of drug-likeness (QED) is 0.191. The maximum atomic E-state index is 12.6. The van der Waals surface area contributed by atoms with E-state index in [2.05, 4.69) is 72.6 Å². The summed E-state index contributed by atoms with van der Waals surface area (Å²) in [5.41, 5.74) is 2.01. The van der Waals surface area contributed by atoms with Crippen molar-refractivity contribution in [2.45, 2.75) is 103 Å². The van der Waals surface area contributed by atoms with Crippen molar-refractivity contribution in [1.82, 2.24) is 4.90 Å². The summed E-state index contributed by atoms with van der Waals surface area (Å²) in [5.74, 6) is 2.88. The van der Waals surface area contributed by atoms with Crippen molar-refractivity contribution in [2.24, 2.45) is 0 Å². The monoisotopic (exact) mass is 717 g/mol. The van der Waals surface area contributed by atoms with Crippen molar-refractivity contribution in [2.75, 3.05) is 32.8 Å². The van der Waals surface area contributed by atoms with Gasteiger partial charge in [-0.25, -0.2) is 0 Å². The van der Waals surface area contributed by atoms with Gasteiger partial charge >= 0.3 is 0 Å². The minimum absolute atomic E-state index is 0.0121. The molecule has 1 atom stereocenters. The van der Waals surface area contributed by atoms with Gasteiger partial charge in [-0.3, -0.25) is 4.90 Å². The van der Waals surface area contributed by atoms with Crippen LogP contribution in [0.4, 0.5) is 0 Å². The van der Waals surface area contributed by atoms with Crippen LogP contribution in [0.25, 0.3) is 11.1 Å². The molecule has 1 unspecified atom stereocenters. The van der Waals surface area contributed by atoms with Crippen molar-refractivity contribution in [3.8, 4) is 28.7 Å². The van der Waals surface area contributed by atoms with Gasteiger partial charge in [0.1, 0.15) is 47.6 Å². The molecule has 3 aromatic carbocycles. The van der Waals surface area contributed by atoms with Gasteiger partial charge in [0.25, 0.3) is 0 Å². The molecule has 9 heteroatoms. The number of aromatic hydroxyl groups is 1. The number of rotatable bonds is 11. The van der Waals surface area contributed by atoms with E-state index < -0.39 is 22.2 Å². The van der Waals surface area contributed by atoms with Crippen molar-refractivity contribution in [3.63, 3.8) is 0 Å². The Bertz CT molecular complexity index is 1690. The minimum Gasteiger partial charge on any atom is -0.543 e. The molecule has 0 radical (unpaired) electrons. The average Bonchev–Trinajstić information content (AvgIpc) is 3.53. The van der Waals surface area contributed by atoms with E-state index in [0.717, 1.165) is 36.7 Å². The highest BCUT2D eigenvalue weighted by molar-refractivity contribution is 6.75. The minimum atomic E-state index is -2.13. The molecule has 2 aliphatic heterocycles. The Morgan fingerprint density at radius 2 is 1.24 bits per heavy atom. The average molecular weight is 718 g/mol. The van der Waals surface area contributed by atoms with Gasteiger partial charge in [0, 0.05) is 41.0 Å². The molecule has 7 nitrogen and oxygen atoms in total. The zero-order valence-corrected chi connectivity index (χ0v) is 34.2. The molecule has 272 valence electrons. The summed E-state index contributed by atoms with van der Waals surface area (Å²) >= 11 is 0. The molecule has 0 spiro atoms. The van der Waals surface area contributed by atoms with Gasteiger partial charge in [-0.1, -0.05) is 53.7 Å². The van der Waals surface area contributed by atoms with Gasteiger partial charge in [-0.05, 0) is 111 Å². The highest BCUT2D eigenvalue weighted by atomic mass is 28.4. The lowest BCUT2D eigenvalue weighted by molar-refractivity contribution is 0.121. The number of likely N-dealkylation sites (tertiary alicyclic amines) is 1. The Morgan fingerprint density at radius 3 is 1.78 bits per heavy atom. The van der Waals surface area contributed by atoms with Crippen LogP contribution >= 0.6 is 0 Å². The normalized spacial score (nSPS) is 17.2. The molecule has 0 amide bonds. The second-order valence-electron chi connectivity index (χ2n) is 17.2. The first-order valence-electron chi connectivity index (χ1n) is 18.1. The maximum Gasteiger partial charge on any atom is 0.250 e. The summed E-state index contributed by atoms with van der Waals surface area (Å²) in [4.78, 5) is 2.43. The molecule has 2 aliphatic rings. The second-order valence-corrected chi connectivity index (χ2v) is 26.6. The fourth-order valence-electron chi connectivity index (χ4n) is 6.09. The molecule has 0 bridgehead atoms. The van der Waals surface area contributed by atoms with E-state index in [1.807, 2.05) is 61.5 Å². The lowest BCUT2D eigenvalue weighted by Crippen LogP contribution is -2.43. The van der Waals surface area contributed by atoms with E-state index in [0.29, 0.717) is 40.4 Å². The van der Waals surface area contributed by atoms with E-state index in [9.17, 15) is 10.2 Å². The Kier molecular flexibility index (Phi) is 10.7. The summed E-state index contributed by atoms with van der Waals surface area (Å²) in [7, 11) is -4.23. The standard InChI is InChI=1S/C41H59NO6Si2/c1-39(2,3)49(8,9)47-31-18-20-33(36(43)26-31)35-28-46-37-27-32(48-50(10,11)40(4,5)6)19-21-34(37)38(35)41(7,44)29-14-16-30(17-15-29)45-25-24-42-22-12-13-23-42/h14-21,26-27,43-44H,12-13,22-25,28H2,1-11H3. The van der Waals surface area contributed by atoms with Crippen LogP contribution in [0.5, 0.6) is 28.7 Å². The summed E-state index contributed by atoms with van der Waals surface area (Å²) < 4.78 is 25.6. The number of phenols is 1. The molecule has 5 rings (SSSR count). The van der Waals surface area contributed by atoms with Crippen molar-refractivity contribution < 1.29 is 28.5 Å². The zero-order valence-electron chi connectivity index (χ0n) is 32.2. The molecule has 2 heterocycles. The smallest absolute Gasteiger partial charge is 0.250 e. The van der Waals surface area contributed by atoms with Crippen LogP contribution in [0, 0.1) is 0 Å². The van der Waals surface area contributed by atoms with Gasteiger partial charge in [0.2, 0.25) is 16.6 Å². The number of hydrogen-bond donors (Lipinski definition) is 2. The van der Waals surface area contributed by atoms with E-state index in [4.69, 9.17) is 18.3 Å². The maximum absolute atomic E-state index is 12.6. The summed E-state index contributed by atoms with van der Waals surface area (Å²) in [6, 6.07) is 19.1. The lowest BCUT2D eigenvalue weighted by atomic mass is 9.78. The summed E-state index contributed by atoms with van der Waals surface area (Å²) in [5, 5.41) is 24.1. The Morgan fingerprint density at radius 1 is 0.720 bits per heavy atom. The van der Waals surface area contributed by atoms with E-state index in [1.54, 1.807) is 6.07 Å². The molecular weight excluding hydrogens is 659 g/mol. The van der Waals surface area contributed by atoms with Crippen LogP contribution < -0.4 is 18.3 Å². The highest BCUT2D eigenvalue weighted by Gasteiger charge is 2.41. The summed E-state index contributed by atoms with van der Waals surface area (Å²) in [6.45, 7) is 27.9. The number of aliphatic hydroxyl groups is 1. The van der Waals surface area contributed by atoms with Gasteiger partial charge in [0.15, 0.2) is 0 Å². The number of hydrogen-bond acceptors (Lipinski definition) is 7. The third-order valence-electron chi connectivity index (χ3n) is 11.3. The number of fused-ring (bicyclic) bond motifs is 1. The van der Waals surface area contributed by atoms with E-state index in [-0.39, 0.29) is 22.4 Å². The number of nitrogens with zero attached hydrogens (tertiary/aromatic N) is 1. The van der Waals surface area contributed by atoms with Gasteiger partial charge in [-0.2, -0.15) is 0 Å². The zero-order chi connectivity index (χ0) is 36.7. The van der Waals surface area contributed by atoms with Crippen LogP contribution in [-0.4, -0.2) is 64.6 Å². The first-order chi connectivity index (χ1) is 23.2. The molecular formula is C41H59NO6Si2. The fourth-order valence-corrected chi connectivity index (χ4v) is 8.13. The van der Waals surface area contributed by atoms with E-state index >= 15 is 0 Å². The fraction of sp³-hybridized carbons (Fsp3) is 0.512. The van der Waals surface area contributed by atoms with Crippen LogP contribution in [0.15, 0.2) is 60.7 Å². The Labute approximate surface area is 302 Å². The van der Waals surface area contributed by atoms with E-state index in [1.165, 1.54) is 12.8 Å². The largest absolute Gasteiger partial charge is 0.543 e. The third-order valence-corrected chi connectivity index (χ3v) is 20.0. The molecule has 0 saturated carbocycles. The number of phenolic OH excluding ortho intramolecular Hbond substituents is 1. The molecule has 1 fully saturated rings. The third kappa shape index (κ3) is 8.11. The number of ether oxygens (including phenoxy) is 2. The van der Waals surface area contributed by atoms with Crippen molar-refractivity contribution in [1.29, 1.82) is 0 Å². The molecule has 1 saturated heterocycles. The molecule has 0 aromatic heterocycles. The van der Waals surface area contributed by atoms with Gasteiger partial charge < -0.3 is 28.5 Å². The van der Waals surface area contributed by atoms with Crippen molar-refractivity contribution >= 4 is 27.8 Å². The topological polar surface area (TPSA) is 80.6 Å². The highest BCUT2D eigenvalue weighted by Crippen LogP contribution is 2.50. The SMILES string of the molecule is CC(O)(C1=C(c2ccc(O[Si](C)(C)C(C)(C)C)cc2O)COc2cc(O[Si](C)(C)C(C)(C)C)ccc21)c1ccc(OCCN2CCCC2)cc1. The first kappa shape index (κ1) is 38.0. The molecule has 50 heavy (non-hydrogen) atoms. The van der Waals surface area contributed by atoms with Crippen LogP contribution in [0.3, 0.4) is 0 Å². The number of benzene rings is 3. The predicted molar refractivity (Wildman–Crippen MR) is 210 cm³/mol. The van der Waals surface area contributed by atoms with Gasteiger partial charge in [-0.15, -0.1) is 0 Å². The second kappa shape index (κ2) is 14.1. The van der Waals surface area contributed by atoms with Gasteiger partial charge in [0.05, 0.1) is 0 Å². The molecule has 2 N–H and O–H groups in total. The Hall–Kier alpha value is -3.25.